The molecule has 4 N–H and O–H groups in total. The van der Waals surface area contributed by atoms with Gasteiger partial charge in [0.25, 0.3) is 0 Å². The predicted octanol–water partition coefficient (Wildman–Crippen LogP) is 1.36. The van der Waals surface area contributed by atoms with Crippen LogP contribution in [0.1, 0.15) is 0 Å². The fourth-order valence-corrected chi connectivity index (χ4v) is 1.85. The van der Waals surface area contributed by atoms with Gasteiger partial charge in [0, 0.05) is 17.5 Å². The smallest absolute Gasteiger partial charge is 0.175 e. The molecule has 0 aliphatic rings. The van der Waals surface area contributed by atoms with E-state index in [0.29, 0.717) is 14.8 Å². The third-order valence-electron chi connectivity index (χ3n) is 1.99. The van der Waals surface area contributed by atoms with Gasteiger partial charge in [-0.1, -0.05) is 12.2 Å². The Labute approximate surface area is 94.5 Å². The van der Waals surface area contributed by atoms with Gasteiger partial charge in [0.1, 0.15) is 4.64 Å². The van der Waals surface area contributed by atoms with Crippen LogP contribution in [0.2, 0.25) is 0 Å². The molecule has 15 heavy (non-hydrogen) atoms. The largest absolute Gasteiger partial charge is 0.595 e. The number of benzene rings is 1. The molecular weight excluding hydrogens is 234 g/mol. The van der Waals surface area contributed by atoms with Crippen molar-refractivity contribution in [3.05, 3.63) is 32.8 Å². The summed E-state index contributed by atoms with van der Waals surface area (Å²) in [4.78, 5) is 5.66. The van der Waals surface area contributed by atoms with Gasteiger partial charge in [0.15, 0.2) is 10.5 Å². The van der Waals surface area contributed by atoms with Crippen LogP contribution in [-0.2, 0) is 0 Å². The molecule has 0 aliphatic heterocycles. The first-order valence-electron chi connectivity index (χ1n) is 4.07. The summed E-state index contributed by atoms with van der Waals surface area (Å²) in [5.74, 6) is 0. The number of aromatic amines is 2. The van der Waals surface area contributed by atoms with Crippen LogP contribution in [0, 0.1) is 14.6 Å². The monoisotopic (exact) mass is 241 g/mol. The Morgan fingerprint density at radius 1 is 1.27 bits per heavy atom. The van der Waals surface area contributed by atoms with Gasteiger partial charge in [-0.2, -0.15) is 5.23 Å². The molecule has 0 fully saturated rings. The standard InChI is InChI=1S/C8H7N3O2S2/c12-11(13)4-1-2-6-5(3-4)7(14)10-8(15)9-6/h1-3,11-12H,(H2,9,10,14,15). The highest BCUT2D eigenvalue weighted by atomic mass is 32.1. The molecule has 0 saturated carbocycles. The summed E-state index contributed by atoms with van der Waals surface area (Å²) in [6, 6.07) is 4.67. The van der Waals surface area contributed by atoms with Crippen molar-refractivity contribution in [1.29, 1.82) is 0 Å². The Kier molecular flexibility index (Phi) is 2.63. The van der Waals surface area contributed by atoms with Crippen molar-refractivity contribution in [3.63, 3.8) is 0 Å². The molecule has 0 bridgehead atoms. The molecule has 0 radical (unpaired) electrons. The third kappa shape index (κ3) is 1.96. The zero-order chi connectivity index (χ0) is 11.0. The molecule has 1 heterocycles. The van der Waals surface area contributed by atoms with Crippen molar-refractivity contribution in [2.45, 2.75) is 0 Å². The number of quaternary nitrogens is 1. The quantitative estimate of drug-likeness (QED) is 0.449. The minimum Gasteiger partial charge on any atom is -0.595 e. The Morgan fingerprint density at radius 2 is 2.00 bits per heavy atom. The SMILES string of the molecule is [O-][NH+](O)c1ccc2[nH]c(=S)[nH]c(=S)c2c1. The maximum absolute atomic E-state index is 10.7. The van der Waals surface area contributed by atoms with Crippen molar-refractivity contribution < 1.29 is 10.4 Å². The number of fused-ring (bicyclic) bond motifs is 1. The van der Waals surface area contributed by atoms with Crippen LogP contribution in [0.3, 0.4) is 0 Å². The zero-order valence-corrected chi connectivity index (χ0v) is 9.04. The molecule has 1 atom stereocenters. The van der Waals surface area contributed by atoms with E-state index in [4.69, 9.17) is 29.6 Å². The van der Waals surface area contributed by atoms with Crippen LogP contribution >= 0.6 is 24.4 Å². The van der Waals surface area contributed by atoms with E-state index in [9.17, 15) is 5.21 Å². The lowest BCUT2D eigenvalue weighted by Gasteiger charge is -2.11. The molecule has 0 aliphatic carbocycles. The lowest BCUT2D eigenvalue weighted by molar-refractivity contribution is -0.991. The highest BCUT2D eigenvalue weighted by Crippen LogP contribution is 2.15. The van der Waals surface area contributed by atoms with E-state index >= 15 is 0 Å². The molecule has 0 spiro atoms. The van der Waals surface area contributed by atoms with E-state index < -0.39 is 5.23 Å². The number of aromatic nitrogens is 2. The fraction of sp³-hybridized carbons (Fsp3) is 0. The molecule has 1 aromatic heterocycles. The summed E-state index contributed by atoms with van der Waals surface area (Å²) < 4.78 is 0.868. The van der Waals surface area contributed by atoms with E-state index in [1.165, 1.54) is 12.1 Å². The van der Waals surface area contributed by atoms with Crippen LogP contribution in [0.5, 0.6) is 0 Å². The summed E-state index contributed by atoms with van der Waals surface area (Å²) in [6.07, 6.45) is 0. The first kappa shape index (κ1) is 10.4. The highest BCUT2D eigenvalue weighted by Gasteiger charge is 2.03. The van der Waals surface area contributed by atoms with Crippen LogP contribution in [0.4, 0.5) is 5.69 Å². The van der Waals surface area contributed by atoms with E-state index in [1.54, 1.807) is 6.07 Å². The summed E-state index contributed by atoms with van der Waals surface area (Å²) >= 11 is 9.97. The molecule has 5 nitrogen and oxygen atoms in total. The minimum atomic E-state index is -0.978. The van der Waals surface area contributed by atoms with Gasteiger partial charge in [-0.05, 0) is 18.3 Å². The van der Waals surface area contributed by atoms with E-state index in [-0.39, 0.29) is 5.69 Å². The lowest BCUT2D eigenvalue weighted by Crippen LogP contribution is -2.99. The van der Waals surface area contributed by atoms with Gasteiger partial charge in [-0.25, -0.2) is 5.21 Å². The van der Waals surface area contributed by atoms with Crippen molar-refractivity contribution in [1.82, 2.24) is 9.97 Å². The minimum absolute atomic E-state index is 0.201. The second-order valence-electron chi connectivity index (χ2n) is 2.97. The number of nitrogens with one attached hydrogen (secondary N) is 3. The average molecular weight is 241 g/mol. The topological polar surface area (TPSA) is 79.3 Å². The van der Waals surface area contributed by atoms with E-state index in [1.807, 2.05) is 0 Å². The van der Waals surface area contributed by atoms with Crippen LogP contribution < -0.4 is 5.23 Å². The highest BCUT2D eigenvalue weighted by molar-refractivity contribution is 7.72. The van der Waals surface area contributed by atoms with E-state index in [0.717, 1.165) is 5.52 Å². The summed E-state index contributed by atoms with van der Waals surface area (Å²) in [6.45, 7) is 0. The molecule has 0 saturated heterocycles. The molecular formula is C8H7N3O2S2. The lowest BCUT2D eigenvalue weighted by atomic mass is 10.2. The zero-order valence-electron chi connectivity index (χ0n) is 7.40. The Balaban J connectivity index is 2.83. The first-order valence-corrected chi connectivity index (χ1v) is 4.89. The van der Waals surface area contributed by atoms with Crippen LogP contribution in [0.15, 0.2) is 18.2 Å². The van der Waals surface area contributed by atoms with Crippen molar-refractivity contribution in [3.8, 4) is 0 Å². The van der Waals surface area contributed by atoms with Gasteiger partial charge in [0.2, 0.25) is 0 Å². The number of hydrogen-bond donors (Lipinski definition) is 4. The van der Waals surface area contributed by atoms with Crippen molar-refractivity contribution >= 4 is 41.0 Å². The Bertz CT molecular complexity index is 617. The molecule has 1 unspecified atom stereocenters. The molecule has 1 aromatic carbocycles. The maximum atomic E-state index is 10.7. The van der Waals surface area contributed by atoms with Gasteiger partial charge in [0.05, 0.1) is 5.52 Å². The van der Waals surface area contributed by atoms with Crippen LogP contribution in [0.25, 0.3) is 10.9 Å². The number of hydrogen-bond acceptors (Lipinski definition) is 4. The summed E-state index contributed by atoms with van der Waals surface area (Å²) in [7, 11) is 0. The third-order valence-corrected chi connectivity index (χ3v) is 2.51. The van der Waals surface area contributed by atoms with Gasteiger partial charge in [-0.15, -0.1) is 0 Å². The summed E-state index contributed by atoms with van der Waals surface area (Å²) in [5.41, 5.74) is 0.932. The fourth-order valence-electron chi connectivity index (χ4n) is 1.30. The number of rotatable bonds is 1. The Hall–Kier alpha value is -1.12. The van der Waals surface area contributed by atoms with Gasteiger partial charge in [-0.3, -0.25) is 0 Å². The van der Waals surface area contributed by atoms with Gasteiger partial charge < -0.3 is 15.2 Å². The molecule has 0 amide bonds. The van der Waals surface area contributed by atoms with Gasteiger partial charge >= 0.3 is 0 Å². The molecule has 78 valence electrons. The van der Waals surface area contributed by atoms with Crippen molar-refractivity contribution in [2.75, 3.05) is 0 Å². The molecule has 7 heteroatoms. The first-order chi connectivity index (χ1) is 7.08. The maximum Gasteiger partial charge on any atom is 0.175 e. The second-order valence-corrected chi connectivity index (χ2v) is 3.79. The normalized spacial score (nSPS) is 12.9. The van der Waals surface area contributed by atoms with E-state index in [2.05, 4.69) is 9.97 Å². The Morgan fingerprint density at radius 3 is 2.67 bits per heavy atom. The predicted molar refractivity (Wildman–Crippen MR) is 60.1 cm³/mol. The molecule has 2 aromatic rings. The summed E-state index contributed by atoms with van der Waals surface area (Å²) in [5, 5.41) is 19.2. The average Bonchev–Trinajstić information content (AvgIpc) is 2.16. The number of H-pyrrole nitrogens is 2. The van der Waals surface area contributed by atoms with Crippen molar-refractivity contribution in [2.24, 2.45) is 0 Å². The van der Waals surface area contributed by atoms with Crippen LogP contribution in [-0.4, -0.2) is 15.2 Å². The second kappa shape index (κ2) is 3.80. The molecule has 2 rings (SSSR count).